The SMILES string of the molecule is C[Si](C)(C)O[Si](C)(O[Si](C)(C)C)O[Si](C)(O)O[Si](C)(O[Si](C)(C)C)O[Si](C)(C)C. The highest BCUT2D eigenvalue weighted by molar-refractivity contribution is 6.91. The zero-order valence-electron chi connectivity index (χ0n) is 21.4. The Labute approximate surface area is 187 Å². The van der Waals surface area contributed by atoms with Crippen molar-refractivity contribution in [1.29, 1.82) is 0 Å². The molecule has 0 rings (SSSR count). The van der Waals surface area contributed by atoms with Gasteiger partial charge in [-0.05, 0) is 78.6 Å². The molecule has 1 N–H and O–H groups in total. The molecule has 176 valence electrons. The second-order valence-electron chi connectivity index (χ2n) is 11.7. The van der Waals surface area contributed by atoms with Crippen LogP contribution in [0.4, 0.5) is 0 Å². The Morgan fingerprint density at radius 2 is 0.517 bits per heavy atom. The molecule has 7 nitrogen and oxygen atoms in total. The molecule has 0 saturated carbocycles. The third-order valence-corrected chi connectivity index (χ3v) is 24.4. The highest BCUT2D eigenvalue weighted by Gasteiger charge is 2.55. The molecule has 0 unspecified atom stereocenters. The van der Waals surface area contributed by atoms with Crippen molar-refractivity contribution in [2.45, 2.75) is 98.2 Å². The van der Waals surface area contributed by atoms with Gasteiger partial charge in [-0.15, -0.1) is 0 Å². The van der Waals surface area contributed by atoms with Gasteiger partial charge in [-0.2, -0.15) is 0 Å². The lowest BCUT2D eigenvalue weighted by atomic mass is 11.8. The quantitative estimate of drug-likeness (QED) is 0.348. The van der Waals surface area contributed by atoms with E-state index in [1.165, 1.54) is 0 Å². The zero-order valence-corrected chi connectivity index (χ0v) is 28.4. The Hall–Kier alpha value is 1.24. The standard InChI is InChI=1S/C15H46O7Si7/c1-23(2,3)17-28(14,18-24(4,5)6)21-27(13,16)22-29(15,19-25(7,8)9)20-26(10,11)12/h16H,1-15H3. The Morgan fingerprint density at radius 1 is 0.345 bits per heavy atom. The Bertz CT molecular complexity index is 455. The van der Waals surface area contributed by atoms with Crippen LogP contribution in [0.5, 0.6) is 0 Å². The lowest BCUT2D eigenvalue weighted by Crippen LogP contribution is -2.65. The van der Waals surface area contributed by atoms with E-state index in [4.69, 9.17) is 24.7 Å². The van der Waals surface area contributed by atoms with Crippen molar-refractivity contribution in [3.05, 3.63) is 0 Å². The van der Waals surface area contributed by atoms with Crippen molar-refractivity contribution in [3.63, 3.8) is 0 Å². The third-order valence-electron chi connectivity index (χ3n) is 2.72. The molecule has 0 fully saturated rings. The Morgan fingerprint density at radius 3 is 0.655 bits per heavy atom. The molecule has 0 amide bonds. The van der Waals surface area contributed by atoms with Crippen LogP contribution in [0.15, 0.2) is 0 Å². The third kappa shape index (κ3) is 15.6. The van der Waals surface area contributed by atoms with Gasteiger partial charge in [0.1, 0.15) is 0 Å². The van der Waals surface area contributed by atoms with E-state index >= 15 is 0 Å². The molecule has 0 aromatic heterocycles. The second-order valence-corrected chi connectivity index (χ2v) is 38.7. The van der Waals surface area contributed by atoms with E-state index < -0.39 is 59.7 Å². The minimum absolute atomic E-state index is 1.62. The van der Waals surface area contributed by atoms with E-state index in [-0.39, 0.29) is 0 Å². The fourth-order valence-corrected chi connectivity index (χ4v) is 30.2. The average molecular weight is 535 g/mol. The van der Waals surface area contributed by atoms with Crippen LogP contribution < -0.4 is 0 Å². The predicted molar refractivity (Wildman–Crippen MR) is 137 cm³/mol. The number of rotatable bonds is 12. The van der Waals surface area contributed by atoms with Crippen molar-refractivity contribution in [2.75, 3.05) is 0 Å². The molecule has 0 aromatic rings. The summed E-state index contributed by atoms with van der Waals surface area (Å²) >= 11 is 0. The number of hydrogen-bond acceptors (Lipinski definition) is 7. The summed E-state index contributed by atoms with van der Waals surface area (Å²) in [5.74, 6) is 0. The molecular formula is C15H46O7Si7. The first-order valence-electron chi connectivity index (χ1n) is 10.2. The largest absolute Gasteiger partial charge is 0.480 e. The molecule has 0 spiro atoms. The van der Waals surface area contributed by atoms with Gasteiger partial charge in [0.2, 0.25) is 0 Å². The minimum atomic E-state index is -3.66. The van der Waals surface area contributed by atoms with Crippen LogP contribution in [0.1, 0.15) is 0 Å². The van der Waals surface area contributed by atoms with Gasteiger partial charge in [-0.3, -0.25) is 0 Å². The molecule has 0 radical (unpaired) electrons. The van der Waals surface area contributed by atoms with Crippen LogP contribution in [0, 0.1) is 0 Å². The average Bonchev–Trinajstić information content (AvgIpc) is 2.10. The van der Waals surface area contributed by atoms with Crippen LogP contribution in [-0.4, -0.2) is 64.5 Å². The van der Waals surface area contributed by atoms with Gasteiger partial charge >= 0.3 is 26.4 Å². The molecule has 0 aliphatic carbocycles. The van der Waals surface area contributed by atoms with E-state index in [0.717, 1.165) is 0 Å². The molecule has 0 aliphatic rings. The maximum atomic E-state index is 11.3. The normalized spacial score (nSPS) is 15.7. The van der Waals surface area contributed by atoms with Crippen LogP contribution in [0.2, 0.25) is 98.2 Å². The van der Waals surface area contributed by atoms with Gasteiger partial charge < -0.3 is 29.5 Å². The topological polar surface area (TPSA) is 75.6 Å². The zero-order chi connectivity index (χ0) is 23.7. The minimum Gasteiger partial charge on any atom is -0.417 e. The maximum Gasteiger partial charge on any atom is 0.480 e. The molecule has 0 saturated heterocycles. The van der Waals surface area contributed by atoms with Crippen molar-refractivity contribution in [2.24, 2.45) is 0 Å². The molecule has 14 heteroatoms. The first kappa shape index (κ1) is 30.2. The summed E-state index contributed by atoms with van der Waals surface area (Å²) in [7, 11) is -17.8. The van der Waals surface area contributed by atoms with E-state index in [2.05, 4.69) is 78.6 Å². The van der Waals surface area contributed by atoms with Gasteiger partial charge in [-0.1, -0.05) is 0 Å². The molecule has 0 aromatic carbocycles. The first-order chi connectivity index (χ1) is 12.2. The molecule has 0 aliphatic heterocycles. The van der Waals surface area contributed by atoms with E-state index in [0.29, 0.717) is 0 Å². The van der Waals surface area contributed by atoms with Crippen molar-refractivity contribution in [1.82, 2.24) is 0 Å². The monoisotopic (exact) mass is 534 g/mol. The van der Waals surface area contributed by atoms with E-state index in [1.54, 1.807) is 6.55 Å². The molecule has 0 bridgehead atoms. The van der Waals surface area contributed by atoms with Gasteiger partial charge in [0, 0.05) is 19.6 Å². The summed E-state index contributed by atoms with van der Waals surface area (Å²) in [6, 6.07) is 0. The lowest BCUT2D eigenvalue weighted by Gasteiger charge is -2.43. The van der Waals surface area contributed by atoms with Crippen molar-refractivity contribution in [3.8, 4) is 0 Å². The van der Waals surface area contributed by atoms with E-state index in [9.17, 15) is 4.80 Å². The number of hydrogen-bond donors (Lipinski definition) is 1. The fraction of sp³-hybridized carbons (Fsp3) is 1.00. The summed E-state index contributed by atoms with van der Waals surface area (Å²) in [6.45, 7) is 30.4. The van der Waals surface area contributed by atoms with E-state index in [1.807, 2.05) is 13.1 Å². The second kappa shape index (κ2) is 9.62. The highest BCUT2D eigenvalue weighted by Crippen LogP contribution is 2.29. The van der Waals surface area contributed by atoms with Crippen molar-refractivity contribution >= 4 is 59.7 Å². The Balaban J connectivity index is 5.81. The molecule has 0 heterocycles. The molecule has 29 heavy (non-hydrogen) atoms. The van der Waals surface area contributed by atoms with Crippen molar-refractivity contribution < 1.29 is 29.5 Å². The molecule has 0 atom stereocenters. The summed E-state index contributed by atoms with van der Waals surface area (Å²) < 4.78 is 38.0. The van der Waals surface area contributed by atoms with Gasteiger partial charge in [0.15, 0.2) is 33.3 Å². The van der Waals surface area contributed by atoms with Gasteiger partial charge in [0.25, 0.3) is 0 Å². The van der Waals surface area contributed by atoms with Crippen LogP contribution in [0.25, 0.3) is 0 Å². The molecular weight excluding hydrogens is 489 g/mol. The van der Waals surface area contributed by atoms with Gasteiger partial charge in [0.05, 0.1) is 0 Å². The van der Waals surface area contributed by atoms with Gasteiger partial charge in [-0.25, -0.2) is 0 Å². The summed E-state index contributed by atoms with van der Waals surface area (Å²) in [5.41, 5.74) is 0. The summed E-state index contributed by atoms with van der Waals surface area (Å²) in [4.78, 5) is 11.3. The predicted octanol–water partition coefficient (Wildman–Crippen LogP) is 5.12. The Kier molecular flexibility index (Phi) is 10.0. The van der Waals surface area contributed by atoms with Crippen LogP contribution >= 0.6 is 0 Å². The first-order valence-corrected chi connectivity index (χ1v) is 30.5. The smallest absolute Gasteiger partial charge is 0.417 e. The lowest BCUT2D eigenvalue weighted by molar-refractivity contribution is 0.146. The summed E-state index contributed by atoms with van der Waals surface area (Å²) in [6.07, 6.45) is 0. The van der Waals surface area contributed by atoms with Crippen LogP contribution in [-0.2, 0) is 24.7 Å². The summed E-state index contributed by atoms with van der Waals surface area (Å²) in [5, 5.41) is 0. The highest BCUT2D eigenvalue weighted by atomic mass is 28.5. The maximum absolute atomic E-state index is 11.3. The van der Waals surface area contributed by atoms with Crippen LogP contribution in [0.3, 0.4) is 0 Å². The fourth-order valence-electron chi connectivity index (χ4n) is 3.06.